The van der Waals surface area contributed by atoms with E-state index < -0.39 is 33.7 Å². The van der Waals surface area contributed by atoms with E-state index in [1.807, 2.05) is 0 Å². The van der Waals surface area contributed by atoms with Crippen LogP contribution in [0.1, 0.15) is 36.0 Å². The van der Waals surface area contributed by atoms with Crippen molar-refractivity contribution in [1.82, 2.24) is 10.3 Å². The van der Waals surface area contributed by atoms with Gasteiger partial charge in [0, 0.05) is 6.26 Å². The molecule has 0 bridgehead atoms. The van der Waals surface area contributed by atoms with Crippen molar-refractivity contribution in [1.29, 1.82) is 0 Å². The van der Waals surface area contributed by atoms with Crippen LogP contribution in [0.5, 0.6) is 11.6 Å². The fraction of sp³-hybridized carbons (Fsp3) is 0.368. The van der Waals surface area contributed by atoms with Gasteiger partial charge in [0.15, 0.2) is 9.84 Å². The Labute approximate surface area is 162 Å². The van der Waals surface area contributed by atoms with E-state index in [0.717, 1.165) is 31.4 Å². The number of benzene rings is 1. The molecule has 0 unspecified atom stereocenters. The zero-order valence-electron chi connectivity index (χ0n) is 15.3. The van der Waals surface area contributed by atoms with Gasteiger partial charge in [-0.1, -0.05) is 18.9 Å². The number of rotatable bonds is 5. The minimum absolute atomic E-state index is 0.0449. The van der Waals surface area contributed by atoms with Gasteiger partial charge in [-0.25, -0.2) is 17.8 Å². The van der Waals surface area contributed by atoms with Gasteiger partial charge in [0.1, 0.15) is 17.1 Å². The number of aromatic nitrogens is 1. The predicted octanol–water partition coefficient (Wildman–Crippen LogP) is 2.45. The van der Waals surface area contributed by atoms with E-state index in [0.29, 0.717) is 12.8 Å². The quantitative estimate of drug-likeness (QED) is 0.787. The van der Waals surface area contributed by atoms with Crippen LogP contribution in [0.15, 0.2) is 41.4 Å². The van der Waals surface area contributed by atoms with Gasteiger partial charge in [-0.2, -0.15) is 0 Å². The molecule has 0 saturated heterocycles. The van der Waals surface area contributed by atoms with Gasteiger partial charge in [0.2, 0.25) is 5.88 Å². The van der Waals surface area contributed by atoms with Crippen LogP contribution in [0, 0.1) is 5.82 Å². The number of carbonyl (C=O) groups excluding carboxylic acids is 1. The lowest BCUT2D eigenvalue weighted by Gasteiger charge is -2.28. The molecule has 2 N–H and O–H groups in total. The fourth-order valence-corrected chi connectivity index (χ4v) is 3.73. The Morgan fingerprint density at radius 3 is 2.75 bits per heavy atom. The lowest BCUT2D eigenvalue weighted by atomic mass is 9.92. The van der Waals surface area contributed by atoms with Crippen molar-refractivity contribution in [3.63, 3.8) is 0 Å². The number of ether oxygens (including phenoxy) is 1. The first-order chi connectivity index (χ1) is 13.2. The van der Waals surface area contributed by atoms with Crippen LogP contribution >= 0.6 is 0 Å². The fourth-order valence-electron chi connectivity index (χ4n) is 3.08. The van der Waals surface area contributed by atoms with E-state index in [1.165, 1.54) is 24.3 Å². The first-order valence-corrected chi connectivity index (χ1v) is 10.8. The number of hydrogen-bond acceptors (Lipinski definition) is 6. The maximum atomic E-state index is 13.7. The molecule has 1 aliphatic carbocycles. The van der Waals surface area contributed by atoms with Gasteiger partial charge >= 0.3 is 0 Å². The van der Waals surface area contributed by atoms with Crippen molar-refractivity contribution in [2.45, 2.75) is 42.7 Å². The summed E-state index contributed by atoms with van der Waals surface area (Å²) in [7, 11) is -3.44. The molecule has 0 radical (unpaired) electrons. The van der Waals surface area contributed by atoms with E-state index in [-0.39, 0.29) is 22.1 Å². The molecule has 1 aromatic carbocycles. The second-order valence-corrected chi connectivity index (χ2v) is 8.80. The Balaban J connectivity index is 1.86. The smallest absolute Gasteiger partial charge is 0.257 e. The number of aliphatic hydroxyl groups is 1. The van der Waals surface area contributed by atoms with Crippen LogP contribution in [-0.2, 0) is 9.84 Å². The average Bonchev–Trinajstić information content (AvgIpc) is 2.64. The molecule has 2 atom stereocenters. The van der Waals surface area contributed by atoms with Gasteiger partial charge in [-0.3, -0.25) is 4.79 Å². The van der Waals surface area contributed by atoms with Gasteiger partial charge in [0.05, 0.1) is 23.2 Å². The predicted molar refractivity (Wildman–Crippen MR) is 99.5 cm³/mol. The third-order valence-corrected chi connectivity index (χ3v) is 5.67. The van der Waals surface area contributed by atoms with Crippen molar-refractivity contribution in [2.75, 3.05) is 6.26 Å². The van der Waals surface area contributed by atoms with Gasteiger partial charge < -0.3 is 15.2 Å². The molecular formula is C19H21FN2O5S. The van der Waals surface area contributed by atoms with Crippen molar-refractivity contribution >= 4 is 15.7 Å². The van der Waals surface area contributed by atoms with Gasteiger partial charge in [-0.15, -0.1) is 0 Å². The summed E-state index contributed by atoms with van der Waals surface area (Å²) in [5, 5.41) is 12.7. The lowest BCUT2D eigenvalue weighted by molar-refractivity contribution is 0.0715. The molecule has 2 aromatic rings. The molecule has 9 heteroatoms. The van der Waals surface area contributed by atoms with Crippen LogP contribution in [0.3, 0.4) is 0 Å². The average molecular weight is 408 g/mol. The van der Waals surface area contributed by atoms with Crippen LogP contribution in [-0.4, -0.2) is 42.8 Å². The molecule has 7 nitrogen and oxygen atoms in total. The van der Waals surface area contributed by atoms with E-state index in [1.54, 1.807) is 0 Å². The van der Waals surface area contributed by atoms with Crippen LogP contribution in [0.25, 0.3) is 0 Å². The van der Waals surface area contributed by atoms with Crippen molar-refractivity contribution < 1.29 is 27.4 Å². The minimum atomic E-state index is -3.44. The maximum absolute atomic E-state index is 13.7. The van der Waals surface area contributed by atoms with E-state index >= 15 is 0 Å². The highest BCUT2D eigenvalue weighted by molar-refractivity contribution is 7.90. The topological polar surface area (TPSA) is 106 Å². The van der Waals surface area contributed by atoms with Crippen molar-refractivity contribution in [3.8, 4) is 11.6 Å². The summed E-state index contributed by atoms with van der Waals surface area (Å²) in [4.78, 5) is 16.5. The summed E-state index contributed by atoms with van der Waals surface area (Å²) in [6.45, 7) is 0. The summed E-state index contributed by atoms with van der Waals surface area (Å²) in [5.74, 6) is -1.34. The Kier molecular flexibility index (Phi) is 5.95. The highest BCUT2D eigenvalue weighted by Crippen LogP contribution is 2.26. The molecule has 1 aliphatic rings. The number of nitrogens with zero attached hydrogens (tertiary/aromatic N) is 1. The summed E-state index contributed by atoms with van der Waals surface area (Å²) in [6, 6.07) is 6.28. The highest BCUT2D eigenvalue weighted by Gasteiger charge is 2.26. The lowest BCUT2D eigenvalue weighted by Crippen LogP contribution is -2.45. The number of carbonyl (C=O) groups is 1. The molecular weight excluding hydrogens is 387 g/mol. The molecule has 150 valence electrons. The number of halogens is 1. The SMILES string of the molecule is CS(=O)(=O)c1cccc(Oc2ncc(F)cc2C(=O)N[C@H]2CCCC[C@H]2O)c1. The number of pyridine rings is 1. The number of aliphatic hydroxyl groups excluding tert-OH is 1. The number of amides is 1. The van der Waals surface area contributed by atoms with Gasteiger partial charge in [-0.05, 0) is 37.1 Å². The summed E-state index contributed by atoms with van der Waals surface area (Å²) < 4.78 is 42.7. The molecule has 1 amide bonds. The zero-order chi connectivity index (χ0) is 20.3. The summed E-state index contributed by atoms with van der Waals surface area (Å²) in [6.07, 6.45) is 4.30. The summed E-state index contributed by atoms with van der Waals surface area (Å²) in [5.41, 5.74) is -0.137. The van der Waals surface area contributed by atoms with Gasteiger partial charge in [0.25, 0.3) is 5.91 Å². The van der Waals surface area contributed by atoms with E-state index in [9.17, 15) is 22.7 Å². The second kappa shape index (κ2) is 8.24. The molecule has 1 saturated carbocycles. The second-order valence-electron chi connectivity index (χ2n) is 6.79. The third kappa shape index (κ3) is 4.85. The molecule has 0 aliphatic heterocycles. The Morgan fingerprint density at radius 2 is 2.04 bits per heavy atom. The minimum Gasteiger partial charge on any atom is -0.438 e. The van der Waals surface area contributed by atoms with E-state index in [2.05, 4.69) is 10.3 Å². The maximum Gasteiger partial charge on any atom is 0.257 e. The Hall–Kier alpha value is -2.52. The first kappa shape index (κ1) is 20.2. The normalized spacial score (nSPS) is 19.8. The number of sulfone groups is 1. The Bertz CT molecular complexity index is 980. The largest absolute Gasteiger partial charge is 0.438 e. The van der Waals surface area contributed by atoms with Crippen molar-refractivity contribution in [3.05, 3.63) is 47.9 Å². The molecule has 1 aromatic heterocycles. The molecule has 1 heterocycles. The third-order valence-electron chi connectivity index (χ3n) is 4.56. The molecule has 1 fully saturated rings. The molecule has 0 spiro atoms. The zero-order valence-corrected chi connectivity index (χ0v) is 16.1. The van der Waals surface area contributed by atoms with E-state index in [4.69, 9.17) is 4.74 Å². The number of nitrogens with one attached hydrogen (secondary N) is 1. The Morgan fingerprint density at radius 1 is 1.29 bits per heavy atom. The van der Waals surface area contributed by atoms with Crippen LogP contribution in [0.4, 0.5) is 4.39 Å². The van der Waals surface area contributed by atoms with Crippen molar-refractivity contribution in [2.24, 2.45) is 0 Å². The summed E-state index contributed by atoms with van der Waals surface area (Å²) >= 11 is 0. The molecule has 28 heavy (non-hydrogen) atoms. The van der Waals surface area contributed by atoms with Crippen LogP contribution in [0.2, 0.25) is 0 Å². The highest BCUT2D eigenvalue weighted by atomic mass is 32.2. The number of hydrogen-bond donors (Lipinski definition) is 2. The monoisotopic (exact) mass is 408 g/mol. The van der Waals surface area contributed by atoms with Crippen LogP contribution < -0.4 is 10.1 Å². The molecule has 3 rings (SSSR count). The first-order valence-electron chi connectivity index (χ1n) is 8.86. The standard InChI is InChI=1S/C19H21FN2O5S/c1-28(25,26)14-6-4-5-13(10-14)27-19-15(9-12(20)11-21-19)18(24)22-16-7-2-3-8-17(16)23/h4-6,9-11,16-17,23H,2-3,7-8H2,1H3,(H,22,24)/t16-,17+/m0/s1.